The normalized spacial score (nSPS) is 15.7. The number of esters is 1. The quantitative estimate of drug-likeness (QED) is 0.588. The van der Waals surface area contributed by atoms with Gasteiger partial charge < -0.3 is 24.8 Å². The second-order valence-electron chi connectivity index (χ2n) is 7.08. The summed E-state index contributed by atoms with van der Waals surface area (Å²) in [6, 6.07) is 14.2. The van der Waals surface area contributed by atoms with Crippen molar-refractivity contribution in [2.45, 2.75) is 39.3 Å². The lowest BCUT2D eigenvalue weighted by Crippen LogP contribution is -2.46. The van der Waals surface area contributed by atoms with Crippen LogP contribution >= 0.6 is 0 Å². The lowest BCUT2D eigenvalue weighted by atomic mass is 9.93. The first-order valence-corrected chi connectivity index (χ1v) is 10.4. The van der Waals surface area contributed by atoms with Gasteiger partial charge in [-0.15, -0.1) is 0 Å². The van der Waals surface area contributed by atoms with Crippen molar-refractivity contribution in [3.63, 3.8) is 0 Å². The van der Waals surface area contributed by atoms with Crippen LogP contribution in [0.1, 0.15) is 43.9 Å². The third kappa shape index (κ3) is 5.36. The van der Waals surface area contributed by atoms with Crippen LogP contribution in [0.2, 0.25) is 0 Å². The molecule has 1 aliphatic heterocycles. The van der Waals surface area contributed by atoms with Gasteiger partial charge >= 0.3 is 12.0 Å². The first kappa shape index (κ1) is 22.2. The SMILES string of the molecule is CCCC1=C(C(=O)OCC)C(c2ccc(OCc3ccccc3)c(OC)c2)NC(=O)N1. The van der Waals surface area contributed by atoms with E-state index in [2.05, 4.69) is 10.6 Å². The lowest BCUT2D eigenvalue weighted by molar-refractivity contribution is -0.139. The Balaban J connectivity index is 1.92. The second-order valence-corrected chi connectivity index (χ2v) is 7.08. The van der Waals surface area contributed by atoms with E-state index in [9.17, 15) is 9.59 Å². The van der Waals surface area contributed by atoms with E-state index in [0.717, 1.165) is 12.0 Å². The highest BCUT2D eigenvalue weighted by Crippen LogP contribution is 2.35. The van der Waals surface area contributed by atoms with Crippen molar-refractivity contribution in [2.24, 2.45) is 0 Å². The molecule has 0 bridgehead atoms. The number of ether oxygens (including phenoxy) is 3. The summed E-state index contributed by atoms with van der Waals surface area (Å²) in [6.45, 7) is 4.39. The summed E-state index contributed by atoms with van der Waals surface area (Å²) in [6.07, 6.45) is 1.34. The largest absolute Gasteiger partial charge is 0.493 e. The lowest BCUT2D eigenvalue weighted by Gasteiger charge is -2.29. The molecule has 0 fully saturated rings. The Morgan fingerprint density at radius 1 is 1.06 bits per heavy atom. The van der Waals surface area contributed by atoms with E-state index in [0.29, 0.717) is 41.4 Å². The van der Waals surface area contributed by atoms with Gasteiger partial charge in [-0.25, -0.2) is 9.59 Å². The molecular weight excluding hydrogens is 396 g/mol. The molecule has 31 heavy (non-hydrogen) atoms. The van der Waals surface area contributed by atoms with E-state index in [-0.39, 0.29) is 12.6 Å². The van der Waals surface area contributed by atoms with Crippen molar-refractivity contribution >= 4 is 12.0 Å². The van der Waals surface area contributed by atoms with Crippen LogP contribution in [-0.2, 0) is 16.1 Å². The Kier molecular flexibility index (Phi) is 7.54. The number of carbonyl (C=O) groups excluding carboxylic acids is 2. The maximum Gasteiger partial charge on any atom is 0.338 e. The number of amides is 2. The van der Waals surface area contributed by atoms with Crippen LogP contribution in [-0.4, -0.2) is 25.7 Å². The van der Waals surface area contributed by atoms with Crippen molar-refractivity contribution in [3.8, 4) is 11.5 Å². The van der Waals surface area contributed by atoms with Crippen molar-refractivity contribution in [3.05, 3.63) is 70.9 Å². The average Bonchev–Trinajstić information content (AvgIpc) is 2.78. The predicted octanol–water partition coefficient (Wildman–Crippen LogP) is 4.25. The molecule has 0 saturated heterocycles. The summed E-state index contributed by atoms with van der Waals surface area (Å²) < 4.78 is 16.7. The number of urea groups is 1. The highest BCUT2D eigenvalue weighted by molar-refractivity contribution is 5.95. The van der Waals surface area contributed by atoms with Gasteiger partial charge in [-0.1, -0.05) is 49.7 Å². The Labute approximate surface area is 182 Å². The smallest absolute Gasteiger partial charge is 0.338 e. The van der Waals surface area contributed by atoms with Gasteiger partial charge in [0.05, 0.1) is 25.3 Å². The molecular formula is C24H28N2O5. The Morgan fingerprint density at radius 3 is 2.52 bits per heavy atom. The molecule has 2 aromatic carbocycles. The van der Waals surface area contributed by atoms with Crippen LogP contribution in [0.15, 0.2) is 59.8 Å². The van der Waals surface area contributed by atoms with Gasteiger partial charge in [0.25, 0.3) is 0 Å². The number of hydrogen-bond donors (Lipinski definition) is 2. The highest BCUT2D eigenvalue weighted by atomic mass is 16.5. The summed E-state index contributed by atoms with van der Waals surface area (Å²) in [5.41, 5.74) is 2.73. The van der Waals surface area contributed by atoms with Crippen LogP contribution in [0.4, 0.5) is 4.79 Å². The Morgan fingerprint density at radius 2 is 1.84 bits per heavy atom. The van der Waals surface area contributed by atoms with Crippen molar-refractivity contribution in [1.82, 2.24) is 10.6 Å². The molecule has 3 rings (SSSR count). The van der Waals surface area contributed by atoms with Crippen molar-refractivity contribution < 1.29 is 23.8 Å². The number of methoxy groups -OCH3 is 1. The molecule has 1 aliphatic rings. The van der Waals surface area contributed by atoms with Crippen LogP contribution < -0.4 is 20.1 Å². The van der Waals surface area contributed by atoms with Gasteiger partial charge in [0.1, 0.15) is 6.61 Å². The average molecular weight is 424 g/mol. The van der Waals surface area contributed by atoms with Gasteiger partial charge in [-0.2, -0.15) is 0 Å². The topological polar surface area (TPSA) is 85.9 Å². The number of allylic oxidation sites excluding steroid dienone is 1. The molecule has 0 saturated carbocycles. The van der Waals surface area contributed by atoms with E-state index in [1.807, 2.05) is 43.3 Å². The zero-order chi connectivity index (χ0) is 22.2. The predicted molar refractivity (Wildman–Crippen MR) is 117 cm³/mol. The zero-order valence-corrected chi connectivity index (χ0v) is 18.1. The first-order valence-electron chi connectivity index (χ1n) is 10.4. The van der Waals surface area contributed by atoms with Crippen molar-refractivity contribution in [1.29, 1.82) is 0 Å². The molecule has 2 amide bonds. The number of benzene rings is 2. The summed E-state index contributed by atoms with van der Waals surface area (Å²) >= 11 is 0. The molecule has 7 nitrogen and oxygen atoms in total. The molecule has 0 aliphatic carbocycles. The summed E-state index contributed by atoms with van der Waals surface area (Å²) in [5.74, 6) is 0.638. The van der Waals surface area contributed by atoms with Crippen LogP contribution in [0, 0.1) is 0 Å². The monoisotopic (exact) mass is 424 g/mol. The fraction of sp³-hybridized carbons (Fsp3) is 0.333. The van der Waals surface area contributed by atoms with E-state index in [4.69, 9.17) is 14.2 Å². The third-order valence-corrected chi connectivity index (χ3v) is 4.91. The fourth-order valence-electron chi connectivity index (χ4n) is 3.48. The van der Waals surface area contributed by atoms with E-state index >= 15 is 0 Å². The molecule has 0 radical (unpaired) electrons. The molecule has 1 unspecified atom stereocenters. The maximum absolute atomic E-state index is 12.7. The van der Waals surface area contributed by atoms with Crippen LogP contribution in [0.25, 0.3) is 0 Å². The van der Waals surface area contributed by atoms with Gasteiger partial charge in [-0.3, -0.25) is 0 Å². The molecule has 1 atom stereocenters. The minimum absolute atomic E-state index is 0.248. The van der Waals surface area contributed by atoms with Crippen LogP contribution in [0.3, 0.4) is 0 Å². The zero-order valence-electron chi connectivity index (χ0n) is 18.1. The molecule has 1 heterocycles. The highest BCUT2D eigenvalue weighted by Gasteiger charge is 2.33. The standard InChI is InChI=1S/C24H28N2O5/c1-4-9-18-21(23(27)30-5-2)22(26-24(28)25-18)17-12-13-19(20(14-17)29-3)31-15-16-10-7-6-8-11-16/h6-8,10-14,22H,4-5,9,15H2,1-3H3,(H2,25,26,28). The number of nitrogens with one attached hydrogen (secondary N) is 2. The first-order chi connectivity index (χ1) is 15.1. The molecule has 7 heteroatoms. The number of carbonyl (C=O) groups is 2. The molecule has 164 valence electrons. The van der Waals surface area contributed by atoms with Crippen LogP contribution in [0.5, 0.6) is 11.5 Å². The maximum atomic E-state index is 12.7. The van der Waals surface area contributed by atoms with E-state index in [1.165, 1.54) is 0 Å². The molecule has 0 aromatic heterocycles. The third-order valence-electron chi connectivity index (χ3n) is 4.91. The minimum atomic E-state index is -0.647. The molecule has 2 aromatic rings. The van der Waals surface area contributed by atoms with Gasteiger partial charge in [0.15, 0.2) is 11.5 Å². The Bertz CT molecular complexity index is 956. The van der Waals surface area contributed by atoms with E-state index < -0.39 is 12.0 Å². The second kappa shape index (κ2) is 10.5. The number of rotatable bonds is 9. The van der Waals surface area contributed by atoms with Crippen molar-refractivity contribution in [2.75, 3.05) is 13.7 Å². The summed E-state index contributed by atoms with van der Waals surface area (Å²) in [7, 11) is 1.56. The summed E-state index contributed by atoms with van der Waals surface area (Å²) in [5, 5.41) is 5.59. The van der Waals surface area contributed by atoms with Gasteiger partial charge in [0, 0.05) is 5.70 Å². The summed E-state index contributed by atoms with van der Waals surface area (Å²) in [4.78, 5) is 25.0. The van der Waals surface area contributed by atoms with Gasteiger partial charge in [0.2, 0.25) is 0 Å². The molecule has 2 N–H and O–H groups in total. The minimum Gasteiger partial charge on any atom is -0.493 e. The van der Waals surface area contributed by atoms with E-state index in [1.54, 1.807) is 26.2 Å². The fourth-order valence-corrected chi connectivity index (χ4v) is 3.48. The number of hydrogen-bond acceptors (Lipinski definition) is 5. The van der Waals surface area contributed by atoms with Gasteiger partial charge in [-0.05, 0) is 36.6 Å². The Hall–Kier alpha value is -3.48. The molecule has 0 spiro atoms.